The summed E-state index contributed by atoms with van der Waals surface area (Å²) in [5.74, 6) is 1.72. The van der Waals surface area contributed by atoms with E-state index in [1.165, 1.54) is 0 Å². The van der Waals surface area contributed by atoms with Crippen molar-refractivity contribution in [3.63, 3.8) is 0 Å². The number of nitrogens with two attached hydrogens (primary N) is 1. The Bertz CT molecular complexity index is 1380. The van der Waals surface area contributed by atoms with Crippen LogP contribution in [0.4, 0.5) is 17.3 Å². The Kier molecular flexibility index (Phi) is 6.26. The van der Waals surface area contributed by atoms with E-state index in [4.69, 9.17) is 27.4 Å². The first-order valence-corrected chi connectivity index (χ1v) is 13.3. The summed E-state index contributed by atoms with van der Waals surface area (Å²) in [6.45, 7) is 4.67. The number of rotatable bonds is 4. The second kappa shape index (κ2) is 9.72. The molecule has 3 saturated heterocycles. The summed E-state index contributed by atoms with van der Waals surface area (Å²) >= 11 is 6.19. The number of likely N-dealkylation sites (tertiary alicyclic amines) is 1. The molecule has 3 fully saturated rings. The standard InChI is InChI=1S/C26H30ClN9O/c27-17-5-6-20(29)19(12-17)26(37)35-10-2-1-4-22(35)21-13-24-31-23(33-8-3-9-33)14-25(36(24)32-21)34-11-7-30-18(15-28)16-34/h5-6,12-14,18,22,30H,1-4,7-11,16,29H2. The van der Waals surface area contributed by atoms with Crippen LogP contribution in [0.1, 0.15) is 47.8 Å². The van der Waals surface area contributed by atoms with Crippen LogP contribution in [-0.2, 0) is 0 Å². The Hall–Kier alpha value is -3.55. The Labute approximate surface area is 220 Å². The normalized spacial score (nSPS) is 22.1. The summed E-state index contributed by atoms with van der Waals surface area (Å²) < 4.78 is 1.88. The number of anilines is 3. The molecule has 10 nitrogen and oxygen atoms in total. The van der Waals surface area contributed by atoms with E-state index in [1.807, 2.05) is 15.5 Å². The van der Waals surface area contributed by atoms with Crippen molar-refractivity contribution in [1.82, 2.24) is 24.8 Å². The molecular weight excluding hydrogens is 490 g/mol. The molecule has 1 aromatic carbocycles. The molecule has 2 unspecified atom stereocenters. The molecule has 0 bridgehead atoms. The molecule has 3 aliphatic heterocycles. The number of carbonyl (C=O) groups is 1. The molecule has 5 heterocycles. The number of hydrogen-bond acceptors (Lipinski definition) is 8. The fourth-order valence-corrected chi connectivity index (χ4v) is 5.63. The Morgan fingerprint density at radius 1 is 1.11 bits per heavy atom. The smallest absolute Gasteiger partial charge is 0.256 e. The average Bonchev–Trinajstić information content (AvgIpc) is 3.32. The van der Waals surface area contributed by atoms with E-state index in [-0.39, 0.29) is 18.0 Å². The third-order valence-corrected chi connectivity index (χ3v) is 7.83. The zero-order valence-corrected chi connectivity index (χ0v) is 21.4. The average molecular weight is 520 g/mol. The number of nitrogen functional groups attached to an aromatic ring is 1. The van der Waals surface area contributed by atoms with E-state index in [2.05, 4.69) is 27.3 Å². The molecule has 0 saturated carbocycles. The van der Waals surface area contributed by atoms with Crippen LogP contribution in [0.25, 0.3) is 5.65 Å². The second-order valence-corrected chi connectivity index (χ2v) is 10.4. The van der Waals surface area contributed by atoms with Crippen LogP contribution >= 0.6 is 11.6 Å². The van der Waals surface area contributed by atoms with E-state index in [1.54, 1.807) is 18.2 Å². The van der Waals surface area contributed by atoms with Gasteiger partial charge < -0.3 is 20.4 Å². The SMILES string of the molecule is N#CC1CN(c2cc(N3CCC3)nc3cc(C4CCCCN4C(=O)c4cc(Cl)ccc4N)nn23)CCN1. The van der Waals surface area contributed by atoms with Gasteiger partial charge in [-0.05, 0) is 43.9 Å². The first kappa shape index (κ1) is 23.8. The molecule has 6 rings (SSSR count). The predicted octanol–water partition coefficient (Wildman–Crippen LogP) is 2.84. The fourth-order valence-electron chi connectivity index (χ4n) is 5.45. The maximum atomic E-state index is 13.6. The van der Waals surface area contributed by atoms with Crippen LogP contribution in [0.2, 0.25) is 5.02 Å². The van der Waals surface area contributed by atoms with Crippen LogP contribution in [-0.4, -0.2) is 70.7 Å². The Morgan fingerprint density at radius 2 is 1.97 bits per heavy atom. The van der Waals surface area contributed by atoms with Gasteiger partial charge in [0.1, 0.15) is 17.7 Å². The van der Waals surface area contributed by atoms with Gasteiger partial charge in [0.2, 0.25) is 0 Å². The highest BCUT2D eigenvalue weighted by atomic mass is 35.5. The van der Waals surface area contributed by atoms with Crippen LogP contribution in [0.5, 0.6) is 0 Å². The number of hydrogen-bond donors (Lipinski definition) is 2. The van der Waals surface area contributed by atoms with Crippen molar-refractivity contribution in [2.45, 2.75) is 37.8 Å². The van der Waals surface area contributed by atoms with Crippen molar-refractivity contribution >= 4 is 40.5 Å². The number of nitriles is 1. The minimum Gasteiger partial charge on any atom is -0.398 e. The number of piperazine rings is 1. The molecule has 2 aromatic heterocycles. The number of fused-ring (bicyclic) bond motifs is 1. The fraction of sp³-hybridized carbons (Fsp3) is 0.462. The van der Waals surface area contributed by atoms with Crippen LogP contribution < -0.4 is 20.9 Å². The summed E-state index contributed by atoms with van der Waals surface area (Å²) in [5, 5.41) is 18.3. The van der Waals surface area contributed by atoms with Crippen LogP contribution in [0, 0.1) is 11.3 Å². The van der Waals surface area contributed by atoms with Gasteiger partial charge >= 0.3 is 0 Å². The number of nitrogens with one attached hydrogen (secondary N) is 1. The van der Waals surface area contributed by atoms with Crippen LogP contribution in [0.3, 0.4) is 0 Å². The molecule has 3 aliphatic rings. The number of amides is 1. The monoisotopic (exact) mass is 519 g/mol. The molecule has 3 aromatic rings. The minimum atomic E-state index is -0.242. The number of nitrogens with zero attached hydrogens (tertiary/aromatic N) is 7. The van der Waals surface area contributed by atoms with E-state index < -0.39 is 0 Å². The van der Waals surface area contributed by atoms with Gasteiger partial charge in [-0.1, -0.05) is 11.6 Å². The minimum absolute atomic E-state index is 0.129. The van der Waals surface area contributed by atoms with E-state index in [0.29, 0.717) is 29.4 Å². The summed E-state index contributed by atoms with van der Waals surface area (Å²) in [5.41, 5.74) is 8.56. The molecule has 37 heavy (non-hydrogen) atoms. The van der Waals surface area contributed by atoms with Gasteiger partial charge in [-0.15, -0.1) is 0 Å². The first-order chi connectivity index (χ1) is 18.0. The number of benzene rings is 1. The molecule has 3 N–H and O–H groups in total. The highest BCUT2D eigenvalue weighted by Crippen LogP contribution is 2.35. The van der Waals surface area contributed by atoms with Gasteiger partial charge in [-0.3, -0.25) is 10.1 Å². The maximum Gasteiger partial charge on any atom is 0.256 e. The van der Waals surface area contributed by atoms with Crippen molar-refractivity contribution < 1.29 is 4.79 Å². The first-order valence-electron chi connectivity index (χ1n) is 12.9. The number of piperidine rings is 1. The van der Waals surface area contributed by atoms with Crippen molar-refractivity contribution in [3.05, 3.63) is 46.6 Å². The van der Waals surface area contributed by atoms with Crippen molar-refractivity contribution in [2.75, 3.05) is 54.8 Å². The zero-order chi connectivity index (χ0) is 25.5. The summed E-state index contributed by atoms with van der Waals surface area (Å²) in [4.78, 5) is 24.9. The topological polar surface area (TPSA) is 119 Å². The molecule has 11 heteroatoms. The lowest BCUT2D eigenvalue weighted by atomic mass is 9.98. The molecule has 0 spiro atoms. The largest absolute Gasteiger partial charge is 0.398 e. The van der Waals surface area contributed by atoms with Gasteiger partial charge in [-0.2, -0.15) is 14.9 Å². The molecule has 1 amide bonds. The summed E-state index contributed by atoms with van der Waals surface area (Å²) in [7, 11) is 0. The van der Waals surface area contributed by atoms with E-state index >= 15 is 0 Å². The van der Waals surface area contributed by atoms with Gasteiger partial charge in [0, 0.05) is 62.1 Å². The van der Waals surface area contributed by atoms with Crippen molar-refractivity contribution in [3.8, 4) is 6.07 Å². The van der Waals surface area contributed by atoms with Gasteiger partial charge in [-0.25, -0.2) is 4.98 Å². The Morgan fingerprint density at radius 3 is 2.76 bits per heavy atom. The highest BCUT2D eigenvalue weighted by molar-refractivity contribution is 6.31. The Balaban J connectivity index is 1.40. The zero-order valence-electron chi connectivity index (χ0n) is 20.6. The third-order valence-electron chi connectivity index (χ3n) is 7.60. The molecule has 2 atom stereocenters. The van der Waals surface area contributed by atoms with Gasteiger partial charge in [0.05, 0.1) is 23.4 Å². The molecule has 0 radical (unpaired) electrons. The molecular formula is C26H30ClN9O. The van der Waals surface area contributed by atoms with Gasteiger partial charge in [0.25, 0.3) is 5.91 Å². The van der Waals surface area contributed by atoms with E-state index in [0.717, 1.165) is 74.8 Å². The molecule has 192 valence electrons. The third kappa shape index (κ3) is 4.43. The maximum absolute atomic E-state index is 13.6. The second-order valence-electron chi connectivity index (χ2n) is 9.98. The summed E-state index contributed by atoms with van der Waals surface area (Å²) in [6, 6.07) is 11.0. The number of carbonyl (C=O) groups excluding carboxylic acids is 1. The quantitative estimate of drug-likeness (QED) is 0.505. The number of halogens is 1. The van der Waals surface area contributed by atoms with Gasteiger partial charge in [0.15, 0.2) is 5.65 Å². The lowest BCUT2D eigenvalue weighted by molar-refractivity contribution is 0.0607. The number of aromatic nitrogens is 3. The lowest BCUT2D eigenvalue weighted by Crippen LogP contribution is -2.50. The van der Waals surface area contributed by atoms with Crippen LogP contribution in [0.15, 0.2) is 30.3 Å². The lowest BCUT2D eigenvalue weighted by Gasteiger charge is -2.35. The van der Waals surface area contributed by atoms with Crippen molar-refractivity contribution in [1.29, 1.82) is 5.26 Å². The molecule has 0 aliphatic carbocycles. The highest BCUT2D eigenvalue weighted by Gasteiger charge is 2.33. The summed E-state index contributed by atoms with van der Waals surface area (Å²) in [6.07, 6.45) is 3.90. The van der Waals surface area contributed by atoms with E-state index in [9.17, 15) is 10.1 Å². The predicted molar refractivity (Wildman–Crippen MR) is 143 cm³/mol. The van der Waals surface area contributed by atoms with Crippen molar-refractivity contribution in [2.24, 2.45) is 0 Å².